The van der Waals surface area contributed by atoms with Crippen molar-refractivity contribution in [3.05, 3.63) is 35.9 Å². The highest BCUT2D eigenvalue weighted by Crippen LogP contribution is 2.39. The molecule has 0 N–H and O–H groups in total. The smallest absolute Gasteiger partial charge is 0.212 e. The highest BCUT2D eigenvalue weighted by atomic mass is 32.2. The van der Waals surface area contributed by atoms with Gasteiger partial charge in [0, 0.05) is 24.4 Å². The zero-order valence-electron chi connectivity index (χ0n) is 13.3. The van der Waals surface area contributed by atoms with Gasteiger partial charge < -0.3 is 0 Å². The summed E-state index contributed by atoms with van der Waals surface area (Å²) in [5.41, 5.74) is 1.21. The number of nitrogens with zero attached hydrogens (tertiary/aromatic N) is 2. The predicted octanol–water partition coefficient (Wildman–Crippen LogP) is 3.28. The minimum atomic E-state index is -3.26. The monoisotopic (exact) mass is 320 g/mol. The second kappa shape index (κ2) is 7.26. The van der Waals surface area contributed by atoms with Crippen LogP contribution >= 0.6 is 0 Å². The van der Waals surface area contributed by atoms with Crippen LogP contribution in [0.1, 0.15) is 51.0 Å². The number of benzene rings is 1. The topological polar surface area (TPSA) is 61.2 Å². The molecule has 1 heterocycles. The summed E-state index contributed by atoms with van der Waals surface area (Å²) >= 11 is 0. The fraction of sp³-hybridized carbons (Fsp3) is 0.588. The zero-order valence-corrected chi connectivity index (χ0v) is 14.1. The molecule has 1 fully saturated rings. The molecule has 1 aliphatic rings. The van der Waals surface area contributed by atoms with Crippen molar-refractivity contribution >= 4 is 10.0 Å². The number of hydrogen-bond donors (Lipinski definition) is 0. The molecule has 1 aromatic rings. The van der Waals surface area contributed by atoms with Crippen LogP contribution in [0.3, 0.4) is 0 Å². The summed E-state index contributed by atoms with van der Waals surface area (Å²) in [7, 11) is -3.26. The van der Waals surface area contributed by atoms with Gasteiger partial charge in [0.25, 0.3) is 0 Å². The average Bonchev–Trinajstić information content (AvgIpc) is 2.80. The number of hydrogen-bond acceptors (Lipinski definition) is 3. The van der Waals surface area contributed by atoms with E-state index in [9.17, 15) is 8.42 Å². The Hall–Kier alpha value is -1.38. The molecule has 0 radical (unpaired) electrons. The minimum absolute atomic E-state index is 0.0154. The van der Waals surface area contributed by atoms with E-state index in [1.54, 1.807) is 4.31 Å². The van der Waals surface area contributed by atoms with Gasteiger partial charge in [-0.2, -0.15) is 9.57 Å². The summed E-state index contributed by atoms with van der Waals surface area (Å²) in [4.78, 5) is 0. The molecule has 0 amide bonds. The van der Waals surface area contributed by atoms with Crippen LogP contribution in [0.2, 0.25) is 0 Å². The van der Waals surface area contributed by atoms with Gasteiger partial charge in [-0.25, -0.2) is 8.42 Å². The Morgan fingerprint density at radius 3 is 2.55 bits per heavy atom. The number of sulfonamides is 1. The number of rotatable bonds is 6. The van der Waals surface area contributed by atoms with Crippen LogP contribution in [0.15, 0.2) is 30.3 Å². The maximum atomic E-state index is 12.6. The van der Waals surface area contributed by atoms with Gasteiger partial charge in [0.2, 0.25) is 10.0 Å². The van der Waals surface area contributed by atoms with E-state index >= 15 is 0 Å². The molecule has 1 saturated heterocycles. The Kier molecular flexibility index (Phi) is 5.60. The Morgan fingerprint density at radius 2 is 1.91 bits per heavy atom. The standard InChI is InChI=1S/C17H24N2O2S/c1-14-13-17(16-9-5-3-6-10-16)15(2)19(14)22(20,21)12-8-4-7-11-18/h3,5-6,9-10,14-15,17H,4,7-8,12-13H2,1-2H3/t14-,15+,17+/m1/s1. The summed E-state index contributed by atoms with van der Waals surface area (Å²) < 4.78 is 27.0. The maximum Gasteiger partial charge on any atom is 0.214 e. The summed E-state index contributed by atoms with van der Waals surface area (Å²) in [6, 6.07) is 12.2. The van der Waals surface area contributed by atoms with Gasteiger partial charge in [-0.05, 0) is 38.7 Å². The highest BCUT2D eigenvalue weighted by molar-refractivity contribution is 7.89. The van der Waals surface area contributed by atoms with Crippen LogP contribution in [0, 0.1) is 11.3 Å². The first-order chi connectivity index (χ1) is 10.5. The van der Waals surface area contributed by atoms with E-state index in [2.05, 4.69) is 18.2 Å². The van der Waals surface area contributed by atoms with Crippen LogP contribution < -0.4 is 0 Å². The van der Waals surface area contributed by atoms with Crippen LogP contribution in [-0.2, 0) is 10.0 Å². The molecule has 0 saturated carbocycles. The first kappa shape index (κ1) is 17.0. The molecule has 0 aromatic heterocycles. The van der Waals surface area contributed by atoms with E-state index in [1.165, 1.54) is 5.56 Å². The summed E-state index contributed by atoms with van der Waals surface area (Å²) in [6.45, 7) is 4.00. The second-order valence-corrected chi connectivity index (χ2v) is 8.10. The van der Waals surface area contributed by atoms with E-state index in [4.69, 9.17) is 5.26 Å². The van der Waals surface area contributed by atoms with Gasteiger partial charge in [0.15, 0.2) is 0 Å². The van der Waals surface area contributed by atoms with Gasteiger partial charge in [0.05, 0.1) is 11.8 Å². The third kappa shape index (κ3) is 3.68. The van der Waals surface area contributed by atoms with Crippen molar-refractivity contribution in [3.63, 3.8) is 0 Å². The van der Waals surface area contributed by atoms with Crippen molar-refractivity contribution in [2.45, 2.75) is 57.5 Å². The molecule has 1 aromatic carbocycles. The molecule has 22 heavy (non-hydrogen) atoms. The Balaban J connectivity index is 2.10. The molecule has 0 unspecified atom stereocenters. The van der Waals surface area contributed by atoms with Crippen molar-refractivity contribution < 1.29 is 8.42 Å². The molecular weight excluding hydrogens is 296 g/mol. The van der Waals surface area contributed by atoms with Gasteiger partial charge in [-0.1, -0.05) is 30.3 Å². The van der Waals surface area contributed by atoms with Crippen molar-refractivity contribution in [1.29, 1.82) is 5.26 Å². The van der Waals surface area contributed by atoms with Gasteiger partial charge in [-0.15, -0.1) is 0 Å². The summed E-state index contributed by atoms with van der Waals surface area (Å²) in [5, 5.41) is 8.54. The Labute approximate surface area is 133 Å². The summed E-state index contributed by atoms with van der Waals surface area (Å²) in [6.07, 6.45) is 2.49. The maximum absolute atomic E-state index is 12.6. The lowest BCUT2D eigenvalue weighted by atomic mass is 9.92. The molecule has 5 heteroatoms. The first-order valence-corrected chi connectivity index (χ1v) is 9.51. The molecule has 3 atom stereocenters. The van der Waals surface area contributed by atoms with Crippen LogP contribution in [-0.4, -0.2) is 30.6 Å². The fourth-order valence-corrected chi connectivity index (χ4v) is 5.55. The van der Waals surface area contributed by atoms with Crippen molar-refractivity contribution in [2.24, 2.45) is 0 Å². The average molecular weight is 320 g/mol. The minimum Gasteiger partial charge on any atom is -0.212 e. The SMILES string of the molecule is C[C@@H]1C[C@H](c2ccccc2)[C@H](C)N1S(=O)(=O)CCCCC#N. The molecule has 2 rings (SSSR count). The quantitative estimate of drug-likeness (QED) is 0.756. The normalized spacial score (nSPS) is 26.0. The van der Waals surface area contributed by atoms with Gasteiger partial charge >= 0.3 is 0 Å². The van der Waals surface area contributed by atoms with Crippen molar-refractivity contribution in [2.75, 3.05) is 5.75 Å². The van der Waals surface area contributed by atoms with Gasteiger partial charge in [0.1, 0.15) is 0 Å². The molecular formula is C17H24N2O2S. The highest BCUT2D eigenvalue weighted by Gasteiger charge is 2.42. The molecule has 4 nitrogen and oxygen atoms in total. The van der Waals surface area contributed by atoms with E-state index < -0.39 is 10.0 Å². The predicted molar refractivity (Wildman–Crippen MR) is 87.8 cm³/mol. The largest absolute Gasteiger partial charge is 0.214 e. The Morgan fingerprint density at radius 1 is 1.23 bits per heavy atom. The van der Waals surface area contributed by atoms with E-state index in [0.717, 1.165) is 6.42 Å². The second-order valence-electron chi connectivity index (χ2n) is 6.10. The van der Waals surface area contributed by atoms with E-state index in [1.807, 2.05) is 32.0 Å². The van der Waals surface area contributed by atoms with Crippen LogP contribution in [0.4, 0.5) is 0 Å². The zero-order chi connectivity index (χ0) is 16.2. The third-order valence-corrected chi connectivity index (χ3v) is 6.64. The van der Waals surface area contributed by atoms with Crippen LogP contribution in [0.25, 0.3) is 0 Å². The lowest BCUT2D eigenvalue weighted by Gasteiger charge is -2.27. The first-order valence-electron chi connectivity index (χ1n) is 7.90. The van der Waals surface area contributed by atoms with Gasteiger partial charge in [-0.3, -0.25) is 0 Å². The molecule has 120 valence electrons. The van der Waals surface area contributed by atoms with Crippen molar-refractivity contribution in [1.82, 2.24) is 4.31 Å². The number of nitriles is 1. The van der Waals surface area contributed by atoms with Crippen molar-refractivity contribution in [3.8, 4) is 6.07 Å². The fourth-order valence-electron chi connectivity index (χ4n) is 3.48. The molecule has 0 aliphatic carbocycles. The summed E-state index contributed by atoms with van der Waals surface area (Å²) in [5.74, 6) is 0.398. The lowest BCUT2D eigenvalue weighted by molar-refractivity contribution is 0.343. The van der Waals surface area contributed by atoms with E-state index in [0.29, 0.717) is 19.3 Å². The lowest BCUT2D eigenvalue weighted by Crippen LogP contribution is -2.40. The number of unbranched alkanes of at least 4 members (excludes halogenated alkanes) is 2. The van der Waals surface area contributed by atoms with E-state index in [-0.39, 0.29) is 23.8 Å². The third-order valence-electron chi connectivity index (χ3n) is 4.50. The molecule has 1 aliphatic heterocycles. The van der Waals surface area contributed by atoms with Crippen LogP contribution in [0.5, 0.6) is 0 Å². The molecule has 0 bridgehead atoms. The Bertz CT molecular complexity index is 622. The molecule has 0 spiro atoms.